The molecule has 3 aromatic rings. The van der Waals surface area contributed by atoms with Crippen molar-refractivity contribution in [3.05, 3.63) is 106 Å². The van der Waals surface area contributed by atoms with E-state index in [9.17, 15) is 14.0 Å². The van der Waals surface area contributed by atoms with E-state index in [0.717, 1.165) is 54.9 Å². The first kappa shape index (κ1) is 27.3. The maximum atomic E-state index is 13.7. The molecule has 0 aromatic heterocycles. The number of carbonyl (C=O) groups excluding carboxylic acids is 2. The Kier molecular flexibility index (Phi) is 9.08. The molecule has 3 aromatic carbocycles. The van der Waals surface area contributed by atoms with Crippen molar-refractivity contribution < 1.29 is 14.0 Å². The molecule has 198 valence electrons. The Hall–Kier alpha value is -3.77. The van der Waals surface area contributed by atoms with E-state index < -0.39 is 0 Å². The quantitative estimate of drug-likeness (QED) is 0.381. The Labute approximate surface area is 225 Å². The van der Waals surface area contributed by atoms with Gasteiger partial charge in [0.1, 0.15) is 5.82 Å². The SMILES string of the molecule is CCN(CC)C(=O)c1ccc(C(=C2CCN(Cc3cccc(F)c3)CC2)c2ccc(NC(C)=O)cc2)cc1. The van der Waals surface area contributed by atoms with Crippen LogP contribution in [-0.2, 0) is 11.3 Å². The molecule has 1 heterocycles. The van der Waals surface area contributed by atoms with E-state index >= 15 is 0 Å². The third kappa shape index (κ3) is 6.75. The molecule has 5 nitrogen and oxygen atoms in total. The molecule has 0 saturated carbocycles. The summed E-state index contributed by atoms with van der Waals surface area (Å²) in [6.45, 7) is 9.34. The number of halogens is 1. The van der Waals surface area contributed by atoms with Crippen molar-refractivity contribution in [3.63, 3.8) is 0 Å². The van der Waals surface area contributed by atoms with Gasteiger partial charge in [0.15, 0.2) is 0 Å². The molecule has 1 aliphatic heterocycles. The van der Waals surface area contributed by atoms with Gasteiger partial charge in [-0.3, -0.25) is 14.5 Å². The summed E-state index contributed by atoms with van der Waals surface area (Å²) in [5.41, 5.74) is 7.11. The van der Waals surface area contributed by atoms with Gasteiger partial charge < -0.3 is 10.2 Å². The summed E-state index contributed by atoms with van der Waals surface area (Å²) >= 11 is 0. The van der Waals surface area contributed by atoms with E-state index in [4.69, 9.17) is 0 Å². The predicted molar refractivity (Wildman–Crippen MR) is 151 cm³/mol. The highest BCUT2D eigenvalue weighted by molar-refractivity contribution is 5.95. The topological polar surface area (TPSA) is 52.7 Å². The van der Waals surface area contributed by atoms with Gasteiger partial charge in [-0.1, -0.05) is 42.0 Å². The average molecular weight is 514 g/mol. The summed E-state index contributed by atoms with van der Waals surface area (Å²) in [5, 5.41) is 2.83. The molecule has 38 heavy (non-hydrogen) atoms. The molecule has 0 atom stereocenters. The van der Waals surface area contributed by atoms with Gasteiger partial charge in [-0.2, -0.15) is 0 Å². The summed E-state index contributed by atoms with van der Waals surface area (Å²) < 4.78 is 13.7. The molecule has 0 radical (unpaired) electrons. The highest BCUT2D eigenvalue weighted by Crippen LogP contribution is 2.33. The van der Waals surface area contributed by atoms with Crippen LogP contribution in [0, 0.1) is 5.82 Å². The Morgan fingerprint density at radius 1 is 0.868 bits per heavy atom. The largest absolute Gasteiger partial charge is 0.339 e. The fourth-order valence-corrected chi connectivity index (χ4v) is 5.10. The molecule has 1 N–H and O–H groups in total. The number of hydrogen-bond donors (Lipinski definition) is 1. The molecule has 0 unspecified atom stereocenters. The van der Waals surface area contributed by atoms with Crippen LogP contribution in [0.3, 0.4) is 0 Å². The normalized spacial score (nSPS) is 13.7. The zero-order chi connectivity index (χ0) is 27.1. The molecule has 0 spiro atoms. The van der Waals surface area contributed by atoms with Crippen molar-refractivity contribution in [3.8, 4) is 0 Å². The summed E-state index contributed by atoms with van der Waals surface area (Å²) in [6.07, 6.45) is 1.80. The molecule has 0 aliphatic carbocycles. The van der Waals surface area contributed by atoms with Crippen LogP contribution < -0.4 is 5.32 Å². The van der Waals surface area contributed by atoms with E-state index in [-0.39, 0.29) is 17.6 Å². The number of nitrogens with one attached hydrogen (secondary N) is 1. The van der Waals surface area contributed by atoms with Crippen LogP contribution in [0.5, 0.6) is 0 Å². The van der Waals surface area contributed by atoms with Crippen molar-refractivity contribution in [1.29, 1.82) is 0 Å². The van der Waals surface area contributed by atoms with E-state index in [0.29, 0.717) is 18.7 Å². The Morgan fingerprint density at radius 3 is 2.00 bits per heavy atom. The smallest absolute Gasteiger partial charge is 0.253 e. The molecule has 6 heteroatoms. The van der Waals surface area contributed by atoms with Gasteiger partial charge in [-0.25, -0.2) is 4.39 Å². The van der Waals surface area contributed by atoms with Gasteiger partial charge in [0.25, 0.3) is 5.91 Å². The predicted octanol–water partition coefficient (Wildman–Crippen LogP) is 6.36. The first-order chi connectivity index (χ1) is 18.4. The second-order valence-electron chi connectivity index (χ2n) is 9.70. The van der Waals surface area contributed by atoms with Gasteiger partial charge in [-0.05, 0) is 85.4 Å². The van der Waals surface area contributed by atoms with Gasteiger partial charge >= 0.3 is 0 Å². The van der Waals surface area contributed by atoms with Crippen LogP contribution in [0.4, 0.5) is 10.1 Å². The first-order valence-corrected chi connectivity index (χ1v) is 13.3. The third-order valence-electron chi connectivity index (χ3n) is 7.07. The first-order valence-electron chi connectivity index (χ1n) is 13.3. The lowest BCUT2D eigenvalue weighted by atomic mass is 9.88. The van der Waals surface area contributed by atoms with E-state index in [1.807, 2.05) is 73.3 Å². The van der Waals surface area contributed by atoms with Crippen LogP contribution in [0.25, 0.3) is 5.57 Å². The van der Waals surface area contributed by atoms with Crippen molar-refractivity contribution in [2.75, 3.05) is 31.5 Å². The van der Waals surface area contributed by atoms with Crippen molar-refractivity contribution in [2.45, 2.75) is 40.2 Å². The number of nitrogens with zero attached hydrogens (tertiary/aromatic N) is 2. The van der Waals surface area contributed by atoms with E-state index in [1.165, 1.54) is 24.1 Å². The standard InChI is InChI=1S/C32H36FN3O2/c1-4-36(5-2)32(38)28-11-9-25(10-12-28)31(26-13-15-30(16-14-26)34-23(3)37)27-17-19-35(20-18-27)22-24-7-6-8-29(33)21-24/h6-16,21H,4-5,17-20,22H2,1-3H3,(H,34,37). The monoisotopic (exact) mass is 513 g/mol. The number of amides is 2. The van der Waals surface area contributed by atoms with Crippen molar-refractivity contribution >= 4 is 23.1 Å². The second-order valence-corrected chi connectivity index (χ2v) is 9.70. The summed E-state index contributed by atoms with van der Waals surface area (Å²) in [7, 11) is 0. The average Bonchev–Trinajstić information content (AvgIpc) is 2.91. The van der Waals surface area contributed by atoms with Crippen molar-refractivity contribution in [1.82, 2.24) is 9.80 Å². The minimum absolute atomic E-state index is 0.0427. The van der Waals surface area contributed by atoms with Crippen LogP contribution in [0.1, 0.15) is 60.7 Å². The van der Waals surface area contributed by atoms with Gasteiger partial charge in [0.05, 0.1) is 0 Å². The molecular weight excluding hydrogens is 477 g/mol. The lowest BCUT2D eigenvalue weighted by Crippen LogP contribution is -2.30. The van der Waals surface area contributed by atoms with Crippen LogP contribution in [0.2, 0.25) is 0 Å². The zero-order valence-electron chi connectivity index (χ0n) is 22.5. The van der Waals surface area contributed by atoms with Gasteiger partial charge in [0.2, 0.25) is 5.91 Å². The molecule has 0 bridgehead atoms. The van der Waals surface area contributed by atoms with Crippen molar-refractivity contribution in [2.24, 2.45) is 0 Å². The molecule has 1 saturated heterocycles. The van der Waals surface area contributed by atoms with Crippen LogP contribution in [0.15, 0.2) is 78.4 Å². The third-order valence-corrected chi connectivity index (χ3v) is 7.07. The Balaban J connectivity index is 1.61. The second kappa shape index (κ2) is 12.7. The number of likely N-dealkylation sites (tertiary alicyclic amines) is 1. The molecule has 1 fully saturated rings. The molecule has 2 amide bonds. The minimum atomic E-state index is -0.201. The molecule has 1 aliphatic rings. The number of piperidine rings is 1. The lowest BCUT2D eigenvalue weighted by Gasteiger charge is -2.30. The highest BCUT2D eigenvalue weighted by atomic mass is 19.1. The number of rotatable bonds is 8. The fourth-order valence-electron chi connectivity index (χ4n) is 5.10. The molecule has 4 rings (SSSR count). The zero-order valence-corrected chi connectivity index (χ0v) is 22.5. The van der Waals surface area contributed by atoms with Crippen LogP contribution in [-0.4, -0.2) is 47.8 Å². The Bertz CT molecular complexity index is 1290. The Morgan fingerprint density at radius 2 is 1.45 bits per heavy atom. The van der Waals surface area contributed by atoms with E-state index in [2.05, 4.69) is 10.2 Å². The summed E-state index contributed by atoms with van der Waals surface area (Å²) in [6, 6.07) is 22.7. The number of hydrogen-bond acceptors (Lipinski definition) is 3. The van der Waals surface area contributed by atoms with E-state index in [1.54, 1.807) is 12.1 Å². The summed E-state index contributed by atoms with van der Waals surface area (Å²) in [4.78, 5) is 28.5. The maximum Gasteiger partial charge on any atom is 0.253 e. The number of benzene rings is 3. The van der Waals surface area contributed by atoms with Crippen LogP contribution >= 0.6 is 0 Å². The maximum absolute atomic E-state index is 13.7. The number of carbonyl (C=O) groups is 2. The summed E-state index contributed by atoms with van der Waals surface area (Å²) in [5.74, 6) is -0.260. The fraction of sp³-hybridized carbons (Fsp3) is 0.312. The number of anilines is 1. The molecular formula is C32H36FN3O2. The minimum Gasteiger partial charge on any atom is -0.339 e. The van der Waals surface area contributed by atoms with Gasteiger partial charge in [-0.15, -0.1) is 0 Å². The highest BCUT2D eigenvalue weighted by Gasteiger charge is 2.20. The lowest BCUT2D eigenvalue weighted by molar-refractivity contribution is -0.114. The van der Waals surface area contributed by atoms with Gasteiger partial charge in [0, 0.05) is 50.9 Å².